The van der Waals surface area contributed by atoms with Crippen LogP contribution in [0, 0.1) is 16.0 Å². The van der Waals surface area contributed by atoms with Gasteiger partial charge in [0.05, 0.1) is 12.2 Å². The third-order valence-electron chi connectivity index (χ3n) is 4.71. The lowest BCUT2D eigenvalue weighted by Crippen LogP contribution is -2.53. The monoisotopic (exact) mass is 279 g/mol. The van der Waals surface area contributed by atoms with E-state index >= 15 is 0 Å². The molecule has 0 aromatic carbocycles. The van der Waals surface area contributed by atoms with E-state index in [0.717, 1.165) is 5.56 Å². The van der Waals surface area contributed by atoms with Crippen LogP contribution >= 0.6 is 0 Å². The van der Waals surface area contributed by atoms with Crippen LogP contribution in [0.15, 0.2) is 18.3 Å². The summed E-state index contributed by atoms with van der Waals surface area (Å²) in [6.07, 6.45) is 1.52. The molecule has 3 rings (SSSR count). The lowest BCUT2D eigenvalue weighted by Gasteiger charge is -2.44. The molecule has 1 aromatic rings. The molecule has 1 aromatic heterocycles. The molecule has 2 unspecified atom stereocenters. The maximum Gasteiger partial charge on any atom is 0.363 e. The second kappa shape index (κ2) is 4.76. The zero-order chi connectivity index (χ0) is 14.3. The number of nitrogens with one attached hydrogen (secondary N) is 1. The van der Waals surface area contributed by atoms with Gasteiger partial charge in [0.1, 0.15) is 6.20 Å². The highest BCUT2D eigenvalue weighted by Gasteiger charge is 2.55. The van der Waals surface area contributed by atoms with Gasteiger partial charge in [0.2, 0.25) is 0 Å². The molecule has 4 atom stereocenters. The average Bonchev–Trinajstić information content (AvgIpc) is 2.90. The van der Waals surface area contributed by atoms with E-state index in [4.69, 9.17) is 0 Å². The molecular formula is C13H17N3O4. The summed E-state index contributed by atoms with van der Waals surface area (Å²) >= 11 is 0. The number of aliphatic hydroxyl groups is 2. The number of nitrogens with zero attached hydrogens (tertiary/aromatic N) is 2. The molecule has 20 heavy (non-hydrogen) atoms. The van der Waals surface area contributed by atoms with Crippen molar-refractivity contribution in [1.82, 2.24) is 10.3 Å². The quantitative estimate of drug-likeness (QED) is 0.518. The summed E-state index contributed by atoms with van der Waals surface area (Å²) in [4.78, 5) is 14.0. The topological polar surface area (TPSA) is 109 Å². The van der Waals surface area contributed by atoms with Crippen molar-refractivity contribution >= 4 is 5.82 Å². The van der Waals surface area contributed by atoms with Gasteiger partial charge >= 0.3 is 5.82 Å². The molecule has 0 spiro atoms. The summed E-state index contributed by atoms with van der Waals surface area (Å²) in [5, 5.41) is 34.5. The number of nitro groups is 1. The maximum atomic E-state index is 10.7. The third kappa shape index (κ3) is 1.81. The zero-order valence-electron chi connectivity index (χ0n) is 10.9. The molecule has 3 N–H and O–H groups in total. The normalized spacial score (nSPS) is 36.6. The van der Waals surface area contributed by atoms with Crippen molar-refractivity contribution in [3.8, 4) is 0 Å². The molecule has 2 heterocycles. The first kappa shape index (κ1) is 13.4. The van der Waals surface area contributed by atoms with Crippen molar-refractivity contribution in [3.63, 3.8) is 0 Å². The van der Waals surface area contributed by atoms with E-state index in [1.54, 1.807) is 6.07 Å². The second-order valence-corrected chi connectivity index (χ2v) is 5.60. The van der Waals surface area contributed by atoms with Crippen molar-refractivity contribution < 1.29 is 15.1 Å². The Balaban J connectivity index is 2.02. The summed E-state index contributed by atoms with van der Waals surface area (Å²) < 4.78 is 0. The number of aromatic nitrogens is 1. The van der Waals surface area contributed by atoms with Gasteiger partial charge in [0, 0.05) is 36.1 Å². The molecule has 108 valence electrons. The van der Waals surface area contributed by atoms with Gasteiger partial charge in [-0.2, -0.15) is 0 Å². The Morgan fingerprint density at radius 2 is 2.20 bits per heavy atom. The van der Waals surface area contributed by atoms with Crippen molar-refractivity contribution in [2.75, 3.05) is 13.1 Å². The molecule has 7 heteroatoms. The SMILES string of the molecule is O=[N+]([O-])c1ccc([C@@]23CNC[C@H]2C(O)CCC3O)cn1. The van der Waals surface area contributed by atoms with Crippen molar-refractivity contribution in [3.05, 3.63) is 34.0 Å². The molecule has 0 bridgehead atoms. The largest absolute Gasteiger partial charge is 0.393 e. The van der Waals surface area contributed by atoms with Crippen molar-refractivity contribution in [2.45, 2.75) is 30.5 Å². The maximum absolute atomic E-state index is 10.7. The van der Waals surface area contributed by atoms with Crippen LogP contribution in [0.25, 0.3) is 0 Å². The van der Waals surface area contributed by atoms with Gasteiger partial charge in [-0.3, -0.25) is 0 Å². The first-order chi connectivity index (χ1) is 9.55. The van der Waals surface area contributed by atoms with E-state index in [9.17, 15) is 20.3 Å². The molecule has 1 saturated carbocycles. The van der Waals surface area contributed by atoms with Crippen LogP contribution in [-0.2, 0) is 5.41 Å². The van der Waals surface area contributed by atoms with Crippen LogP contribution in [0.4, 0.5) is 5.82 Å². The van der Waals surface area contributed by atoms with E-state index in [1.165, 1.54) is 12.3 Å². The molecule has 0 amide bonds. The highest BCUT2D eigenvalue weighted by atomic mass is 16.6. The van der Waals surface area contributed by atoms with Gasteiger partial charge in [-0.25, -0.2) is 0 Å². The lowest BCUT2D eigenvalue weighted by atomic mass is 9.62. The van der Waals surface area contributed by atoms with Crippen LogP contribution in [0.1, 0.15) is 18.4 Å². The minimum Gasteiger partial charge on any atom is -0.393 e. The Labute approximate surface area is 115 Å². The summed E-state index contributed by atoms with van der Waals surface area (Å²) in [6, 6.07) is 3.00. The van der Waals surface area contributed by atoms with E-state index in [2.05, 4.69) is 10.3 Å². The molecule has 1 aliphatic carbocycles. The first-order valence-electron chi connectivity index (χ1n) is 6.73. The highest BCUT2D eigenvalue weighted by molar-refractivity contribution is 5.34. The van der Waals surface area contributed by atoms with Gasteiger partial charge in [-0.1, -0.05) is 0 Å². The lowest BCUT2D eigenvalue weighted by molar-refractivity contribution is -0.389. The standard InChI is InChI=1S/C13H17N3O4/c17-10-2-3-11(18)13(7-14-6-9(10)13)8-1-4-12(15-5-8)16(19)20/h1,4-5,9-11,14,17-18H,2-3,6-7H2/t9-,10?,11?,13-/m0/s1. The fraction of sp³-hybridized carbons (Fsp3) is 0.615. The number of fused-ring (bicyclic) bond motifs is 1. The number of hydrogen-bond donors (Lipinski definition) is 3. The van der Waals surface area contributed by atoms with Crippen molar-refractivity contribution in [1.29, 1.82) is 0 Å². The summed E-state index contributed by atoms with van der Waals surface area (Å²) in [6.45, 7) is 1.19. The average molecular weight is 279 g/mol. The number of hydrogen-bond acceptors (Lipinski definition) is 6. The number of aliphatic hydroxyl groups excluding tert-OH is 2. The summed E-state index contributed by atoms with van der Waals surface area (Å²) in [7, 11) is 0. The molecule has 1 saturated heterocycles. The summed E-state index contributed by atoms with van der Waals surface area (Å²) in [5.41, 5.74) is 0.157. The molecule has 7 nitrogen and oxygen atoms in total. The van der Waals surface area contributed by atoms with Crippen LogP contribution in [0.3, 0.4) is 0 Å². The van der Waals surface area contributed by atoms with Gasteiger partial charge in [0.15, 0.2) is 0 Å². The predicted molar refractivity (Wildman–Crippen MR) is 70.2 cm³/mol. The number of rotatable bonds is 2. The highest BCUT2D eigenvalue weighted by Crippen LogP contribution is 2.46. The van der Waals surface area contributed by atoms with Crippen molar-refractivity contribution in [2.24, 2.45) is 5.92 Å². The van der Waals surface area contributed by atoms with Crippen LogP contribution in [-0.4, -0.2) is 45.4 Å². The van der Waals surface area contributed by atoms with Crippen LogP contribution in [0.5, 0.6) is 0 Å². The van der Waals surface area contributed by atoms with E-state index < -0.39 is 22.5 Å². The fourth-order valence-corrected chi connectivity index (χ4v) is 3.66. The zero-order valence-corrected chi connectivity index (χ0v) is 10.9. The van der Waals surface area contributed by atoms with Gasteiger partial charge < -0.3 is 25.6 Å². The Hall–Kier alpha value is -1.57. The van der Waals surface area contributed by atoms with E-state index in [-0.39, 0.29) is 11.7 Å². The minimum absolute atomic E-state index is 0.0884. The smallest absolute Gasteiger partial charge is 0.363 e. The Kier molecular flexibility index (Phi) is 3.19. The molecule has 0 radical (unpaired) electrons. The molecule has 1 aliphatic heterocycles. The first-order valence-corrected chi connectivity index (χ1v) is 6.73. The molecule has 2 aliphatic rings. The summed E-state index contributed by atoms with van der Waals surface area (Å²) in [5.74, 6) is -0.298. The Morgan fingerprint density at radius 3 is 2.85 bits per heavy atom. The van der Waals surface area contributed by atoms with E-state index in [1.807, 2.05) is 0 Å². The third-order valence-corrected chi connectivity index (χ3v) is 4.71. The molecular weight excluding hydrogens is 262 g/mol. The number of pyridine rings is 1. The van der Waals surface area contributed by atoms with Crippen LogP contribution < -0.4 is 5.32 Å². The van der Waals surface area contributed by atoms with Gasteiger partial charge in [-0.05, 0) is 28.8 Å². The van der Waals surface area contributed by atoms with Crippen LogP contribution in [0.2, 0.25) is 0 Å². The second-order valence-electron chi connectivity index (χ2n) is 5.60. The fourth-order valence-electron chi connectivity index (χ4n) is 3.66. The van der Waals surface area contributed by atoms with Gasteiger partial charge in [-0.15, -0.1) is 0 Å². The molecule has 2 fully saturated rings. The van der Waals surface area contributed by atoms with E-state index in [0.29, 0.717) is 25.9 Å². The Morgan fingerprint density at radius 1 is 1.40 bits per heavy atom. The minimum atomic E-state index is -0.597. The Bertz CT molecular complexity index is 521. The predicted octanol–water partition coefficient (Wildman–Crippen LogP) is -0.0374. The van der Waals surface area contributed by atoms with Gasteiger partial charge in [0.25, 0.3) is 0 Å².